The maximum atomic E-state index is 11.8. The zero-order valence-corrected chi connectivity index (χ0v) is 11.3. The summed E-state index contributed by atoms with van der Waals surface area (Å²) in [6, 6.07) is -0.0352. The molecule has 1 aliphatic heterocycles. The Bertz CT molecular complexity index is 276. The molecule has 0 atom stereocenters. The summed E-state index contributed by atoms with van der Waals surface area (Å²) >= 11 is 0. The number of amides is 3. The zero-order chi connectivity index (χ0) is 13.4. The molecule has 1 fully saturated rings. The van der Waals surface area contributed by atoms with E-state index in [-0.39, 0.29) is 12.1 Å². The van der Waals surface area contributed by atoms with Gasteiger partial charge in [-0.2, -0.15) is 0 Å². The molecule has 0 aliphatic carbocycles. The van der Waals surface area contributed by atoms with Crippen LogP contribution >= 0.6 is 0 Å². The van der Waals surface area contributed by atoms with Crippen LogP contribution in [0.3, 0.4) is 0 Å². The van der Waals surface area contributed by atoms with E-state index in [9.17, 15) is 9.59 Å². The van der Waals surface area contributed by atoms with Crippen LogP contribution in [0.1, 0.15) is 26.7 Å². The highest BCUT2D eigenvalue weighted by Gasteiger charge is 2.24. The third-order valence-corrected chi connectivity index (χ3v) is 2.90. The molecule has 6 nitrogen and oxygen atoms in total. The Kier molecular flexibility index (Phi) is 6.32. The fraction of sp³-hybridized carbons (Fsp3) is 0.833. The van der Waals surface area contributed by atoms with Crippen LogP contribution in [0.2, 0.25) is 0 Å². The van der Waals surface area contributed by atoms with E-state index in [2.05, 4.69) is 12.2 Å². The minimum absolute atomic E-state index is 0.0352. The zero-order valence-electron chi connectivity index (χ0n) is 11.3. The van der Waals surface area contributed by atoms with Gasteiger partial charge in [-0.1, -0.05) is 13.3 Å². The first kappa shape index (κ1) is 14.6. The van der Waals surface area contributed by atoms with E-state index >= 15 is 0 Å². The number of unbranched alkanes of at least 4 members (excludes halogenated alkanes) is 1. The molecule has 1 aliphatic rings. The normalized spacial score (nSPS) is 15.4. The molecular weight excluding hydrogens is 234 g/mol. The Hall–Kier alpha value is -1.46. The lowest BCUT2D eigenvalue weighted by Crippen LogP contribution is -2.53. The van der Waals surface area contributed by atoms with E-state index in [1.54, 1.807) is 16.7 Å². The molecule has 1 rings (SSSR count). The van der Waals surface area contributed by atoms with Crippen molar-refractivity contribution in [2.75, 3.05) is 39.3 Å². The van der Waals surface area contributed by atoms with Gasteiger partial charge in [0.15, 0.2) is 0 Å². The van der Waals surface area contributed by atoms with Gasteiger partial charge in [0.2, 0.25) is 0 Å². The molecule has 0 unspecified atom stereocenters. The number of carbonyl (C=O) groups excluding carboxylic acids is 2. The molecule has 18 heavy (non-hydrogen) atoms. The molecule has 0 aromatic rings. The van der Waals surface area contributed by atoms with E-state index < -0.39 is 0 Å². The van der Waals surface area contributed by atoms with Gasteiger partial charge in [-0.25, -0.2) is 9.59 Å². The van der Waals surface area contributed by atoms with Crippen LogP contribution in [0.25, 0.3) is 0 Å². The van der Waals surface area contributed by atoms with Crippen molar-refractivity contribution < 1.29 is 14.3 Å². The Morgan fingerprint density at radius 3 is 2.28 bits per heavy atom. The van der Waals surface area contributed by atoms with Gasteiger partial charge in [-0.15, -0.1) is 0 Å². The summed E-state index contributed by atoms with van der Waals surface area (Å²) in [5.74, 6) is 0. The molecule has 0 saturated carbocycles. The van der Waals surface area contributed by atoms with Gasteiger partial charge < -0.3 is 19.9 Å². The quantitative estimate of drug-likeness (QED) is 0.771. The summed E-state index contributed by atoms with van der Waals surface area (Å²) < 4.78 is 4.92. The predicted octanol–water partition coefficient (Wildman–Crippen LogP) is 1.27. The summed E-state index contributed by atoms with van der Waals surface area (Å²) in [6.45, 7) is 7.19. The van der Waals surface area contributed by atoms with Crippen LogP contribution in [0.5, 0.6) is 0 Å². The van der Waals surface area contributed by atoms with E-state index in [1.807, 2.05) is 0 Å². The first-order valence-corrected chi connectivity index (χ1v) is 6.63. The first-order chi connectivity index (χ1) is 8.69. The smallest absolute Gasteiger partial charge is 0.409 e. The number of urea groups is 1. The standard InChI is InChI=1S/C12H23N3O3/c1-3-5-6-13-11(16)14-7-9-15(10-8-14)12(17)18-4-2/h3-10H2,1-2H3,(H,13,16). The van der Waals surface area contributed by atoms with Gasteiger partial charge in [0.25, 0.3) is 0 Å². The van der Waals surface area contributed by atoms with Gasteiger partial charge in [0, 0.05) is 32.7 Å². The SMILES string of the molecule is CCCCNC(=O)N1CCN(C(=O)OCC)CC1. The number of hydrogen-bond acceptors (Lipinski definition) is 3. The molecular formula is C12H23N3O3. The summed E-state index contributed by atoms with van der Waals surface area (Å²) in [4.78, 5) is 26.6. The van der Waals surface area contributed by atoms with Crippen molar-refractivity contribution in [3.8, 4) is 0 Å². The molecule has 1 saturated heterocycles. The second kappa shape index (κ2) is 7.79. The van der Waals surface area contributed by atoms with Gasteiger partial charge in [0.05, 0.1) is 6.61 Å². The lowest BCUT2D eigenvalue weighted by molar-refractivity contribution is 0.0852. The molecule has 1 N–H and O–H groups in total. The average Bonchev–Trinajstić information content (AvgIpc) is 2.39. The molecule has 104 valence electrons. The van der Waals surface area contributed by atoms with Gasteiger partial charge in [-0.3, -0.25) is 0 Å². The monoisotopic (exact) mass is 257 g/mol. The number of hydrogen-bond donors (Lipinski definition) is 1. The maximum Gasteiger partial charge on any atom is 0.409 e. The number of carbonyl (C=O) groups is 2. The van der Waals surface area contributed by atoms with Crippen LogP contribution < -0.4 is 5.32 Å². The summed E-state index contributed by atoms with van der Waals surface area (Å²) in [6.07, 6.45) is 1.77. The van der Waals surface area contributed by atoms with Crippen molar-refractivity contribution in [3.05, 3.63) is 0 Å². The summed E-state index contributed by atoms with van der Waals surface area (Å²) in [5, 5.41) is 2.87. The Morgan fingerprint density at radius 1 is 1.11 bits per heavy atom. The minimum atomic E-state index is -0.288. The van der Waals surface area contributed by atoms with Gasteiger partial charge >= 0.3 is 12.1 Å². The number of rotatable bonds is 4. The van der Waals surface area contributed by atoms with E-state index in [0.29, 0.717) is 39.3 Å². The number of piperazine rings is 1. The number of ether oxygens (including phenoxy) is 1. The van der Waals surface area contributed by atoms with Crippen LogP contribution in [0.15, 0.2) is 0 Å². The first-order valence-electron chi connectivity index (χ1n) is 6.63. The molecule has 0 aromatic carbocycles. The highest BCUT2D eigenvalue weighted by Crippen LogP contribution is 2.04. The van der Waals surface area contributed by atoms with Crippen molar-refractivity contribution in [2.45, 2.75) is 26.7 Å². The fourth-order valence-electron chi connectivity index (χ4n) is 1.79. The highest BCUT2D eigenvalue weighted by atomic mass is 16.6. The molecule has 3 amide bonds. The van der Waals surface area contributed by atoms with E-state index in [0.717, 1.165) is 12.8 Å². The van der Waals surface area contributed by atoms with Crippen LogP contribution in [0, 0.1) is 0 Å². The van der Waals surface area contributed by atoms with Crippen LogP contribution in [0.4, 0.5) is 9.59 Å². The van der Waals surface area contributed by atoms with Crippen LogP contribution in [-0.4, -0.2) is 61.3 Å². The lowest BCUT2D eigenvalue weighted by atomic mass is 10.3. The van der Waals surface area contributed by atoms with Gasteiger partial charge in [0.1, 0.15) is 0 Å². The van der Waals surface area contributed by atoms with Crippen molar-refractivity contribution in [1.82, 2.24) is 15.1 Å². The Morgan fingerprint density at radius 2 is 1.72 bits per heavy atom. The third-order valence-electron chi connectivity index (χ3n) is 2.90. The largest absolute Gasteiger partial charge is 0.450 e. The van der Waals surface area contributed by atoms with Crippen molar-refractivity contribution in [3.63, 3.8) is 0 Å². The summed E-state index contributed by atoms with van der Waals surface area (Å²) in [7, 11) is 0. The van der Waals surface area contributed by atoms with Crippen molar-refractivity contribution >= 4 is 12.1 Å². The molecule has 1 heterocycles. The minimum Gasteiger partial charge on any atom is -0.450 e. The average molecular weight is 257 g/mol. The van der Waals surface area contributed by atoms with Crippen molar-refractivity contribution in [1.29, 1.82) is 0 Å². The Balaban J connectivity index is 2.26. The second-order valence-corrected chi connectivity index (χ2v) is 4.26. The third kappa shape index (κ3) is 4.43. The fourth-order valence-corrected chi connectivity index (χ4v) is 1.79. The summed E-state index contributed by atoms with van der Waals surface area (Å²) in [5.41, 5.74) is 0. The topological polar surface area (TPSA) is 61.9 Å². The van der Waals surface area contributed by atoms with Crippen molar-refractivity contribution in [2.24, 2.45) is 0 Å². The highest BCUT2D eigenvalue weighted by molar-refractivity contribution is 5.75. The lowest BCUT2D eigenvalue weighted by Gasteiger charge is -2.34. The number of nitrogens with zero attached hydrogens (tertiary/aromatic N) is 2. The molecule has 0 radical (unpaired) electrons. The molecule has 6 heteroatoms. The second-order valence-electron chi connectivity index (χ2n) is 4.26. The van der Waals surface area contributed by atoms with Crippen LogP contribution in [-0.2, 0) is 4.74 Å². The van der Waals surface area contributed by atoms with E-state index in [1.165, 1.54) is 0 Å². The molecule has 0 bridgehead atoms. The predicted molar refractivity (Wildman–Crippen MR) is 68.5 cm³/mol. The Labute approximate surface area is 108 Å². The molecule has 0 aromatic heterocycles. The van der Waals surface area contributed by atoms with E-state index in [4.69, 9.17) is 4.74 Å². The van der Waals surface area contributed by atoms with Gasteiger partial charge in [-0.05, 0) is 13.3 Å². The maximum absolute atomic E-state index is 11.8. The number of nitrogens with one attached hydrogen (secondary N) is 1. The molecule has 0 spiro atoms.